The Labute approximate surface area is 46.7 Å². The Morgan fingerprint density at radius 1 is 0.500 bits per heavy atom. The predicted molar refractivity (Wildman–Crippen MR) is 35.0 cm³/mol. The molecular formula is C8H4. The lowest BCUT2D eigenvalue weighted by Gasteiger charge is -2.16. The van der Waals surface area contributed by atoms with Gasteiger partial charge in [0.25, 0.3) is 0 Å². The Hall–Kier alpha value is -1.04. The molecule has 0 heterocycles. The molecule has 0 N–H and O–H groups in total. The van der Waals surface area contributed by atoms with E-state index in [-0.39, 0.29) is 0 Å². The van der Waals surface area contributed by atoms with Gasteiger partial charge in [-0.3, -0.25) is 0 Å². The topological polar surface area (TPSA) is 0 Å². The van der Waals surface area contributed by atoms with Crippen LogP contribution in [0.5, 0.6) is 0 Å². The van der Waals surface area contributed by atoms with Crippen LogP contribution in [0.3, 0.4) is 0 Å². The standard InChI is InChI=1S/C8H4/c1-2-6-5(1)7-3-4-8(6)7/h1-4H. The summed E-state index contributed by atoms with van der Waals surface area (Å²) >= 11 is 0. The summed E-state index contributed by atoms with van der Waals surface area (Å²) in [4.78, 5) is 0. The minimum atomic E-state index is 1.49. The number of rotatable bonds is 0. The molecule has 0 aliphatic heterocycles. The quantitative estimate of drug-likeness (QED) is 0.406. The van der Waals surface area contributed by atoms with E-state index >= 15 is 0 Å². The Kier molecular flexibility index (Phi) is 0.252. The molecule has 0 heteroatoms. The number of hydrogen-bond acceptors (Lipinski definition) is 0. The minimum Gasteiger partial charge on any atom is -0.0531 e. The molecule has 36 valence electrons. The number of fused-ring (bicyclic) bond motifs is 4. The average Bonchev–Trinajstić information content (AvgIpc) is 1.70. The molecule has 8 heavy (non-hydrogen) atoms. The van der Waals surface area contributed by atoms with Gasteiger partial charge in [-0.1, -0.05) is 24.3 Å². The van der Waals surface area contributed by atoms with E-state index in [1.165, 1.54) is 21.5 Å². The molecule has 0 aromatic heterocycles. The van der Waals surface area contributed by atoms with Gasteiger partial charge in [0.15, 0.2) is 0 Å². The highest BCUT2D eigenvalue weighted by Gasteiger charge is 2.12. The smallest absolute Gasteiger partial charge is 0.00987 e. The van der Waals surface area contributed by atoms with Crippen molar-refractivity contribution in [2.75, 3.05) is 0 Å². The zero-order valence-corrected chi connectivity index (χ0v) is 4.31. The first-order chi connectivity index (χ1) is 3.97. The van der Waals surface area contributed by atoms with Crippen LogP contribution in [0.15, 0.2) is 24.3 Å². The highest BCUT2D eigenvalue weighted by atomic mass is 14.2. The van der Waals surface area contributed by atoms with Gasteiger partial charge in [-0.25, -0.2) is 0 Å². The first-order valence-electron chi connectivity index (χ1n) is 2.82. The van der Waals surface area contributed by atoms with E-state index in [0.29, 0.717) is 0 Å². The first-order valence-corrected chi connectivity index (χ1v) is 2.82. The summed E-state index contributed by atoms with van der Waals surface area (Å²) in [7, 11) is 0. The zero-order chi connectivity index (χ0) is 5.14. The molecule has 3 aromatic rings. The van der Waals surface area contributed by atoms with Crippen molar-refractivity contribution in [2.24, 2.45) is 0 Å². The second-order valence-corrected chi connectivity index (χ2v) is 2.32. The fraction of sp³-hybridized carbons (Fsp3) is 0. The average molecular weight is 100 g/mol. The van der Waals surface area contributed by atoms with Crippen LogP contribution in [0.25, 0.3) is 21.5 Å². The molecule has 0 aliphatic carbocycles. The third-order valence-corrected chi connectivity index (χ3v) is 1.99. The molecule has 0 radical (unpaired) electrons. The monoisotopic (exact) mass is 100 g/mol. The van der Waals surface area contributed by atoms with Gasteiger partial charge in [0.05, 0.1) is 0 Å². The normalized spacial score (nSPS) is 13.0. The van der Waals surface area contributed by atoms with E-state index in [4.69, 9.17) is 0 Å². The summed E-state index contributed by atoms with van der Waals surface area (Å²) in [6, 6.07) is 8.71. The van der Waals surface area contributed by atoms with E-state index in [1.807, 2.05) is 0 Å². The summed E-state index contributed by atoms with van der Waals surface area (Å²) in [6.07, 6.45) is 0. The van der Waals surface area contributed by atoms with Crippen molar-refractivity contribution < 1.29 is 0 Å². The van der Waals surface area contributed by atoms with E-state index in [2.05, 4.69) is 24.3 Å². The van der Waals surface area contributed by atoms with Crippen LogP contribution in [-0.4, -0.2) is 0 Å². The van der Waals surface area contributed by atoms with Crippen LogP contribution in [0, 0.1) is 0 Å². The number of hydrogen-bond donors (Lipinski definition) is 0. The summed E-state index contributed by atoms with van der Waals surface area (Å²) < 4.78 is 0. The van der Waals surface area contributed by atoms with E-state index in [9.17, 15) is 0 Å². The highest BCUT2D eigenvalue weighted by molar-refractivity contribution is 6.30. The van der Waals surface area contributed by atoms with Gasteiger partial charge in [-0.05, 0) is 21.5 Å². The summed E-state index contributed by atoms with van der Waals surface area (Å²) in [5.41, 5.74) is 0. The molecule has 0 spiro atoms. The Morgan fingerprint density at radius 2 is 0.750 bits per heavy atom. The molecule has 0 saturated heterocycles. The third-order valence-electron chi connectivity index (χ3n) is 1.99. The molecule has 0 amide bonds. The summed E-state index contributed by atoms with van der Waals surface area (Å²) in [6.45, 7) is 0. The van der Waals surface area contributed by atoms with Crippen LogP contribution in [-0.2, 0) is 0 Å². The number of benzene rings is 2. The lowest BCUT2D eigenvalue weighted by molar-refractivity contribution is 1.80. The molecular weight excluding hydrogens is 96.1 g/mol. The van der Waals surface area contributed by atoms with Crippen molar-refractivity contribution in [3.05, 3.63) is 24.3 Å². The second kappa shape index (κ2) is 0.655. The lowest BCUT2D eigenvalue weighted by atomic mass is 9.88. The molecule has 0 saturated carbocycles. The van der Waals surface area contributed by atoms with Gasteiger partial charge in [-0.2, -0.15) is 0 Å². The van der Waals surface area contributed by atoms with Crippen molar-refractivity contribution >= 4 is 21.5 Å². The Bertz CT molecular complexity index is 289. The van der Waals surface area contributed by atoms with E-state index in [1.54, 1.807) is 0 Å². The molecule has 0 unspecified atom stereocenters. The fourth-order valence-electron chi connectivity index (χ4n) is 1.38. The van der Waals surface area contributed by atoms with Crippen LogP contribution < -0.4 is 0 Å². The summed E-state index contributed by atoms with van der Waals surface area (Å²) in [5, 5.41) is 5.95. The SMILES string of the molecule is c1cc2c1c1ccc21. The van der Waals surface area contributed by atoms with Crippen LogP contribution >= 0.6 is 0 Å². The fourth-order valence-corrected chi connectivity index (χ4v) is 1.38. The lowest BCUT2D eigenvalue weighted by Crippen LogP contribution is -1.88. The molecule has 0 atom stereocenters. The van der Waals surface area contributed by atoms with Crippen LogP contribution in [0.2, 0.25) is 0 Å². The van der Waals surface area contributed by atoms with Gasteiger partial charge >= 0.3 is 0 Å². The van der Waals surface area contributed by atoms with E-state index < -0.39 is 0 Å². The van der Waals surface area contributed by atoms with Crippen LogP contribution in [0.1, 0.15) is 0 Å². The van der Waals surface area contributed by atoms with Gasteiger partial charge < -0.3 is 0 Å². The molecule has 3 rings (SSSR count). The van der Waals surface area contributed by atoms with Gasteiger partial charge in [0.2, 0.25) is 0 Å². The minimum absolute atomic E-state index is 1.49. The zero-order valence-electron chi connectivity index (χ0n) is 4.31. The van der Waals surface area contributed by atoms with Crippen molar-refractivity contribution in [1.82, 2.24) is 0 Å². The first kappa shape index (κ1) is 3.08. The second-order valence-electron chi connectivity index (χ2n) is 2.32. The van der Waals surface area contributed by atoms with Crippen molar-refractivity contribution in [3.63, 3.8) is 0 Å². The summed E-state index contributed by atoms with van der Waals surface area (Å²) in [5.74, 6) is 0. The Morgan fingerprint density at radius 3 is 0.875 bits per heavy atom. The maximum atomic E-state index is 2.18. The van der Waals surface area contributed by atoms with Crippen molar-refractivity contribution in [2.45, 2.75) is 0 Å². The maximum Gasteiger partial charge on any atom is -0.00987 e. The van der Waals surface area contributed by atoms with Crippen molar-refractivity contribution in [3.8, 4) is 0 Å². The molecule has 3 aromatic carbocycles. The molecule has 0 fully saturated rings. The van der Waals surface area contributed by atoms with Gasteiger partial charge in [-0.15, -0.1) is 0 Å². The predicted octanol–water partition coefficient (Wildman–Crippen LogP) is 2.31. The van der Waals surface area contributed by atoms with Gasteiger partial charge in [0, 0.05) is 0 Å². The largest absolute Gasteiger partial charge is 0.0531 e. The van der Waals surface area contributed by atoms with E-state index in [0.717, 1.165) is 0 Å². The van der Waals surface area contributed by atoms with Crippen molar-refractivity contribution in [1.29, 1.82) is 0 Å². The maximum absolute atomic E-state index is 2.18. The Balaban J connectivity index is 2.80. The van der Waals surface area contributed by atoms with Gasteiger partial charge in [0.1, 0.15) is 0 Å². The molecule has 0 bridgehead atoms. The third kappa shape index (κ3) is 0.125. The molecule has 0 nitrogen and oxygen atoms in total. The molecule has 0 aliphatic rings. The highest BCUT2D eigenvalue weighted by Crippen LogP contribution is 2.40. The van der Waals surface area contributed by atoms with Crippen LogP contribution in [0.4, 0.5) is 0 Å².